The second kappa shape index (κ2) is 9.93. The van der Waals surface area contributed by atoms with E-state index in [1.807, 2.05) is 30.3 Å². The maximum atomic E-state index is 13.6. The fourth-order valence-corrected chi connectivity index (χ4v) is 4.12. The Bertz CT molecular complexity index is 1100. The first-order valence-electron chi connectivity index (χ1n) is 10.4. The van der Waals surface area contributed by atoms with Crippen LogP contribution < -0.4 is 4.90 Å². The van der Waals surface area contributed by atoms with Gasteiger partial charge in [-0.1, -0.05) is 30.3 Å². The first-order valence-corrected chi connectivity index (χ1v) is 10.4. The fourth-order valence-electron chi connectivity index (χ4n) is 4.12. The molecule has 2 aromatic heterocycles. The average Bonchev–Trinajstić information content (AvgIpc) is 3.49. The molecule has 2 aromatic carbocycles. The smallest absolute Gasteiger partial charge is 0.173 e. The molecular formula is C23H24ClFN6O. The predicted octanol–water partition coefficient (Wildman–Crippen LogP) is 3.79. The maximum Gasteiger partial charge on any atom is 0.173 e. The normalized spacial score (nSPS) is 15.3. The Labute approximate surface area is 191 Å². The third-order valence-electron chi connectivity index (χ3n) is 5.68. The van der Waals surface area contributed by atoms with Gasteiger partial charge in [-0.3, -0.25) is 4.90 Å². The summed E-state index contributed by atoms with van der Waals surface area (Å²) in [6.45, 7) is 3.90. The topological polar surface area (TPSA) is 63.2 Å². The van der Waals surface area contributed by atoms with Crippen molar-refractivity contribution in [2.75, 3.05) is 31.1 Å². The van der Waals surface area contributed by atoms with Gasteiger partial charge in [0, 0.05) is 31.9 Å². The van der Waals surface area contributed by atoms with Crippen molar-refractivity contribution in [1.82, 2.24) is 25.1 Å². The zero-order chi connectivity index (χ0) is 21.0. The number of para-hydroxylation sites is 1. The summed E-state index contributed by atoms with van der Waals surface area (Å²) >= 11 is 0. The van der Waals surface area contributed by atoms with E-state index in [2.05, 4.69) is 49.6 Å². The summed E-state index contributed by atoms with van der Waals surface area (Å²) in [6, 6.07) is 20.6. The number of nitrogens with zero attached hydrogens (tertiary/aromatic N) is 6. The van der Waals surface area contributed by atoms with Gasteiger partial charge in [0.05, 0.1) is 12.3 Å². The molecule has 0 aliphatic carbocycles. The minimum Gasteiger partial charge on any atom is -0.467 e. The number of hydrogen-bond acceptors (Lipinski definition) is 6. The zero-order valence-electron chi connectivity index (χ0n) is 17.4. The number of tetrazole rings is 1. The highest BCUT2D eigenvalue weighted by atomic mass is 35.5. The zero-order valence-corrected chi connectivity index (χ0v) is 18.2. The number of piperazine rings is 1. The van der Waals surface area contributed by atoms with Gasteiger partial charge in [0.1, 0.15) is 18.1 Å². The molecule has 4 aromatic rings. The highest BCUT2D eigenvalue weighted by molar-refractivity contribution is 5.85. The van der Waals surface area contributed by atoms with Crippen molar-refractivity contribution in [3.8, 4) is 0 Å². The standard InChI is InChI=1S/C23H23FN6O.ClH/c24-19-10-8-18(9-11-19)22(23-25-26-27-30(23)17-21-7-4-16-31-21)29-14-12-28(13-15-29)20-5-2-1-3-6-20;/h1-11,16,22H,12-15,17H2;1H. The van der Waals surface area contributed by atoms with Crippen LogP contribution >= 0.6 is 12.4 Å². The van der Waals surface area contributed by atoms with Crippen molar-refractivity contribution in [3.05, 3.63) is 96.0 Å². The van der Waals surface area contributed by atoms with Crippen molar-refractivity contribution < 1.29 is 8.81 Å². The van der Waals surface area contributed by atoms with Crippen molar-refractivity contribution in [3.63, 3.8) is 0 Å². The van der Waals surface area contributed by atoms with Gasteiger partial charge in [0.2, 0.25) is 0 Å². The molecule has 0 radical (unpaired) electrons. The van der Waals surface area contributed by atoms with Gasteiger partial charge in [-0.25, -0.2) is 9.07 Å². The lowest BCUT2D eigenvalue weighted by Gasteiger charge is -2.39. The molecule has 0 saturated carbocycles. The molecule has 3 heterocycles. The number of halogens is 2. The van der Waals surface area contributed by atoms with Crippen LogP contribution in [0.15, 0.2) is 77.4 Å². The van der Waals surface area contributed by atoms with E-state index in [1.165, 1.54) is 17.8 Å². The van der Waals surface area contributed by atoms with E-state index in [4.69, 9.17) is 4.42 Å². The molecular weight excluding hydrogens is 431 g/mol. The highest BCUT2D eigenvalue weighted by Gasteiger charge is 2.31. The summed E-state index contributed by atoms with van der Waals surface area (Å²) in [5.74, 6) is 1.24. The van der Waals surface area contributed by atoms with E-state index in [9.17, 15) is 4.39 Å². The Hall–Kier alpha value is -3.23. The molecule has 0 amide bonds. The van der Waals surface area contributed by atoms with Crippen molar-refractivity contribution in [1.29, 1.82) is 0 Å². The van der Waals surface area contributed by atoms with Crippen molar-refractivity contribution in [2.24, 2.45) is 0 Å². The van der Waals surface area contributed by atoms with Crippen LogP contribution in [-0.2, 0) is 6.54 Å². The predicted molar refractivity (Wildman–Crippen MR) is 121 cm³/mol. The summed E-state index contributed by atoms with van der Waals surface area (Å²) in [5, 5.41) is 12.5. The lowest BCUT2D eigenvalue weighted by molar-refractivity contribution is 0.200. The molecule has 5 rings (SSSR count). The molecule has 1 unspecified atom stereocenters. The Kier molecular flexibility index (Phi) is 6.82. The van der Waals surface area contributed by atoms with E-state index in [-0.39, 0.29) is 24.3 Å². The van der Waals surface area contributed by atoms with Crippen molar-refractivity contribution >= 4 is 18.1 Å². The van der Waals surface area contributed by atoms with Gasteiger partial charge in [0.25, 0.3) is 0 Å². The second-order valence-electron chi connectivity index (χ2n) is 7.59. The molecule has 1 atom stereocenters. The van der Waals surface area contributed by atoms with E-state index < -0.39 is 0 Å². The third kappa shape index (κ3) is 4.66. The molecule has 1 aliphatic rings. The SMILES string of the molecule is Cl.Fc1ccc(C(c2nnnn2Cc2ccco2)N2CCN(c3ccccc3)CC2)cc1. The molecule has 1 fully saturated rings. The molecule has 32 heavy (non-hydrogen) atoms. The average molecular weight is 455 g/mol. The van der Waals surface area contributed by atoms with E-state index in [1.54, 1.807) is 10.9 Å². The number of benzene rings is 2. The molecule has 0 spiro atoms. The lowest BCUT2D eigenvalue weighted by Crippen LogP contribution is -2.48. The molecule has 1 aliphatic heterocycles. The van der Waals surface area contributed by atoms with Crippen LogP contribution in [0.4, 0.5) is 10.1 Å². The van der Waals surface area contributed by atoms with Gasteiger partial charge in [0.15, 0.2) is 5.82 Å². The first-order chi connectivity index (χ1) is 15.3. The Morgan fingerprint density at radius 2 is 1.66 bits per heavy atom. The van der Waals surface area contributed by atoms with Crippen LogP contribution in [0.25, 0.3) is 0 Å². The summed E-state index contributed by atoms with van der Waals surface area (Å²) < 4.78 is 20.9. The Morgan fingerprint density at radius 1 is 0.906 bits per heavy atom. The van der Waals surface area contributed by atoms with Crippen LogP contribution in [0.2, 0.25) is 0 Å². The summed E-state index contributed by atoms with van der Waals surface area (Å²) in [7, 11) is 0. The fraction of sp³-hybridized carbons (Fsp3) is 0.261. The number of rotatable bonds is 6. The van der Waals surface area contributed by atoms with E-state index in [0.717, 1.165) is 43.3 Å². The van der Waals surface area contributed by atoms with Crippen molar-refractivity contribution in [2.45, 2.75) is 12.6 Å². The number of aromatic nitrogens is 4. The van der Waals surface area contributed by atoms with Gasteiger partial charge < -0.3 is 9.32 Å². The minimum absolute atomic E-state index is 0. The number of hydrogen-bond donors (Lipinski definition) is 0. The second-order valence-corrected chi connectivity index (χ2v) is 7.59. The van der Waals surface area contributed by atoms with E-state index >= 15 is 0 Å². The molecule has 9 heteroatoms. The molecule has 0 N–H and O–H groups in total. The maximum absolute atomic E-state index is 13.6. The Morgan fingerprint density at radius 3 is 2.34 bits per heavy atom. The highest BCUT2D eigenvalue weighted by Crippen LogP contribution is 2.29. The largest absolute Gasteiger partial charge is 0.467 e. The first kappa shape index (κ1) is 22.0. The monoisotopic (exact) mass is 454 g/mol. The van der Waals surface area contributed by atoms with Crippen LogP contribution in [0.1, 0.15) is 23.2 Å². The van der Waals surface area contributed by atoms with Gasteiger partial charge in [-0.2, -0.15) is 0 Å². The van der Waals surface area contributed by atoms with Gasteiger partial charge in [-0.05, 0) is 52.4 Å². The summed E-state index contributed by atoms with van der Waals surface area (Å²) in [5.41, 5.74) is 2.19. The van der Waals surface area contributed by atoms with Crippen LogP contribution in [0.3, 0.4) is 0 Å². The molecule has 0 bridgehead atoms. The van der Waals surface area contributed by atoms with Gasteiger partial charge in [-0.15, -0.1) is 17.5 Å². The third-order valence-corrected chi connectivity index (χ3v) is 5.68. The summed E-state index contributed by atoms with van der Waals surface area (Å²) in [4.78, 5) is 4.74. The van der Waals surface area contributed by atoms with Crippen LogP contribution in [0, 0.1) is 5.82 Å². The minimum atomic E-state index is -0.258. The Balaban J connectivity index is 0.00000245. The molecule has 7 nitrogen and oxygen atoms in total. The molecule has 166 valence electrons. The van der Waals surface area contributed by atoms with Crippen LogP contribution in [0.5, 0.6) is 0 Å². The van der Waals surface area contributed by atoms with E-state index in [0.29, 0.717) is 6.54 Å². The number of anilines is 1. The quantitative estimate of drug-likeness (QED) is 0.441. The summed E-state index contributed by atoms with van der Waals surface area (Å²) in [6.07, 6.45) is 1.64. The number of furan rings is 1. The lowest BCUT2D eigenvalue weighted by atomic mass is 10.0. The molecule has 1 saturated heterocycles. The van der Waals surface area contributed by atoms with Gasteiger partial charge >= 0.3 is 0 Å². The van der Waals surface area contributed by atoms with Crippen LogP contribution in [-0.4, -0.2) is 51.3 Å².